The number of nitrogens with one attached hydrogen (secondary N) is 2. The minimum atomic E-state index is -4.76. The fraction of sp³-hybridized carbons (Fsp3) is 0.160. The van der Waals surface area contributed by atoms with E-state index in [1.165, 1.54) is 35.3 Å². The van der Waals surface area contributed by atoms with E-state index in [1.54, 1.807) is 0 Å². The van der Waals surface area contributed by atoms with Gasteiger partial charge >= 0.3 is 12.4 Å². The molecule has 1 heterocycles. The largest absolute Gasteiger partial charge is 0.573 e. The molecule has 0 fully saturated rings. The van der Waals surface area contributed by atoms with E-state index in [1.807, 2.05) is 24.3 Å². The number of aryl methyl sites for hydroxylation is 1. The number of aromatic nitrogens is 3. The number of halogens is 5. The van der Waals surface area contributed by atoms with Gasteiger partial charge in [0.1, 0.15) is 23.7 Å². The van der Waals surface area contributed by atoms with Gasteiger partial charge in [0.15, 0.2) is 5.82 Å². The highest BCUT2D eigenvalue weighted by atomic mass is 19.4. The molecule has 0 bridgehead atoms. The van der Waals surface area contributed by atoms with Crippen LogP contribution in [0, 0.1) is 11.6 Å². The number of amides is 2. The Labute approximate surface area is 207 Å². The van der Waals surface area contributed by atoms with E-state index in [2.05, 4.69) is 25.5 Å². The molecule has 0 aliphatic heterocycles. The molecule has 0 saturated carbocycles. The predicted octanol–water partition coefficient (Wildman–Crippen LogP) is 5.87. The lowest BCUT2D eigenvalue weighted by Gasteiger charge is -2.09. The molecule has 0 saturated heterocycles. The number of alkyl halides is 3. The maximum atomic E-state index is 13.6. The average Bonchev–Trinajstić information content (AvgIpc) is 3.34. The zero-order chi connectivity index (χ0) is 26.4. The molecule has 0 unspecified atom stereocenters. The van der Waals surface area contributed by atoms with Crippen molar-refractivity contribution in [2.75, 3.05) is 11.9 Å². The molecule has 0 aliphatic carbocycles. The molecule has 3 aromatic carbocycles. The molecule has 0 radical (unpaired) electrons. The lowest BCUT2D eigenvalue weighted by Crippen LogP contribution is -2.30. The van der Waals surface area contributed by atoms with Gasteiger partial charge < -0.3 is 15.4 Å². The number of nitrogens with zero attached hydrogens (tertiary/aromatic N) is 3. The first-order valence-corrected chi connectivity index (χ1v) is 11.0. The van der Waals surface area contributed by atoms with Gasteiger partial charge in [-0.05, 0) is 54.8 Å². The topological polar surface area (TPSA) is 81.1 Å². The van der Waals surface area contributed by atoms with Gasteiger partial charge in [-0.2, -0.15) is 0 Å². The summed E-state index contributed by atoms with van der Waals surface area (Å²) in [7, 11) is 0. The number of hydrogen-bond acceptors (Lipinski definition) is 4. The molecule has 2 amide bonds. The van der Waals surface area contributed by atoms with Gasteiger partial charge in [-0.1, -0.05) is 24.3 Å². The molecule has 12 heteroatoms. The van der Waals surface area contributed by atoms with Crippen LogP contribution in [-0.2, 0) is 6.42 Å². The van der Waals surface area contributed by atoms with Crippen molar-refractivity contribution in [1.29, 1.82) is 0 Å². The van der Waals surface area contributed by atoms with E-state index in [0.29, 0.717) is 37.0 Å². The van der Waals surface area contributed by atoms with Gasteiger partial charge in [0.2, 0.25) is 0 Å². The summed E-state index contributed by atoms with van der Waals surface area (Å²) >= 11 is 0. The smallest absolute Gasteiger partial charge is 0.406 e. The molecular formula is C25H20F5N5O2. The van der Waals surface area contributed by atoms with Crippen LogP contribution in [-0.4, -0.2) is 33.7 Å². The number of carbonyl (C=O) groups excluding carboxylic acids is 1. The van der Waals surface area contributed by atoms with Gasteiger partial charge in [-0.15, -0.1) is 18.3 Å². The molecule has 192 valence electrons. The molecule has 0 atom stereocenters. The summed E-state index contributed by atoms with van der Waals surface area (Å²) in [6.07, 6.45) is -2.01. The Bertz CT molecular complexity index is 1360. The van der Waals surface area contributed by atoms with Crippen LogP contribution >= 0.6 is 0 Å². The molecule has 1 aromatic heterocycles. The summed E-state index contributed by atoms with van der Waals surface area (Å²) in [6.45, 7) is 0.342. The fourth-order valence-electron chi connectivity index (χ4n) is 3.39. The van der Waals surface area contributed by atoms with Gasteiger partial charge in [-0.3, -0.25) is 0 Å². The van der Waals surface area contributed by atoms with Crippen LogP contribution < -0.4 is 15.4 Å². The van der Waals surface area contributed by atoms with Crippen molar-refractivity contribution in [2.24, 2.45) is 0 Å². The number of rotatable bonds is 8. The van der Waals surface area contributed by atoms with E-state index < -0.39 is 24.0 Å². The Kier molecular flexibility index (Phi) is 7.66. The minimum absolute atomic E-state index is 0.113. The van der Waals surface area contributed by atoms with Crippen LogP contribution in [0.1, 0.15) is 12.0 Å². The first kappa shape index (κ1) is 25.6. The van der Waals surface area contributed by atoms with Crippen molar-refractivity contribution in [3.63, 3.8) is 0 Å². The third-order valence-electron chi connectivity index (χ3n) is 5.15. The van der Waals surface area contributed by atoms with Crippen LogP contribution in [0.15, 0.2) is 73.1 Å². The quantitative estimate of drug-likeness (QED) is 0.227. The average molecular weight is 517 g/mol. The number of hydrogen-bond donors (Lipinski definition) is 2. The summed E-state index contributed by atoms with van der Waals surface area (Å²) in [4.78, 5) is 16.1. The highest BCUT2D eigenvalue weighted by Gasteiger charge is 2.31. The van der Waals surface area contributed by atoms with Crippen LogP contribution in [0.2, 0.25) is 0 Å². The standard InChI is InChI=1S/C25H20F5N5O2/c26-18-7-12-22(21(27)14-18)33-24(36)31-13-1-2-16-3-5-17(6-4-16)23-32-15-35(34-23)19-8-10-20(11-9-19)37-25(28,29)30/h3-12,14-15H,1-2,13H2,(H2,31,33,36). The first-order valence-electron chi connectivity index (χ1n) is 11.0. The van der Waals surface area contributed by atoms with Gasteiger partial charge in [-0.25, -0.2) is 23.2 Å². The van der Waals surface area contributed by atoms with E-state index in [9.17, 15) is 26.7 Å². The van der Waals surface area contributed by atoms with Crippen molar-refractivity contribution in [1.82, 2.24) is 20.1 Å². The first-order chi connectivity index (χ1) is 17.7. The van der Waals surface area contributed by atoms with Crippen molar-refractivity contribution in [2.45, 2.75) is 19.2 Å². The van der Waals surface area contributed by atoms with Crippen LogP contribution in [0.5, 0.6) is 5.75 Å². The Hall–Kier alpha value is -4.48. The normalized spacial score (nSPS) is 11.3. The van der Waals surface area contributed by atoms with Crippen molar-refractivity contribution >= 4 is 11.7 Å². The summed E-state index contributed by atoms with van der Waals surface area (Å²) in [5.74, 6) is -1.48. The predicted molar refractivity (Wildman–Crippen MR) is 125 cm³/mol. The van der Waals surface area contributed by atoms with Crippen LogP contribution in [0.3, 0.4) is 0 Å². The molecule has 4 rings (SSSR count). The minimum Gasteiger partial charge on any atom is -0.406 e. The number of anilines is 1. The van der Waals surface area contributed by atoms with E-state index >= 15 is 0 Å². The summed E-state index contributed by atoms with van der Waals surface area (Å²) in [6, 6.07) is 15.0. The lowest BCUT2D eigenvalue weighted by molar-refractivity contribution is -0.274. The summed E-state index contributed by atoms with van der Waals surface area (Å²) in [5.41, 5.74) is 2.16. The van der Waals surface area contributed by atoms with Crippen molar-refractivity contribution < 1.29 is 31.5 Å². The van der Waals surface area contributed by atoms with Gasteiger partial charge in [0.25, 0.3) is 0 Å². The number of ether oxygens (including phenoxy) is 1. The maximum absolute atomic E-state index is 13.6. The molecule has 0 aliphatic rings. The monoisotopic (exact) mass is 517 g/mol. The Morgan fingerprint density at radius 3 is 2.38 bits per heavy atom. The zero-order valence-electron chi connectivity index (χ0n) is 19.1. The summed E-state index contributed by atoms with van der Waals surface area (Å²) < 4.78 is 68.8. The maximum Gasteiger partial charge on any atom is 0.573 e. The second-order valence-electron chi connectivity index (χ2n) is 7.86. The molecule has 4 aromatic rings. The molecule has 0 spiro atoms. The Morgan fingerprint density at radius 1 is 0.973 bits per heavy atom. The Morgan fingerprint density at radius 2 is 1.70 bits per heavy atom. The molecular weight excluding hydrogens is 497 g/mol. The van der Waals surface area contributed by atoms with Crippen LogP contribution in [0.4, 0.5) is 32.4 Å². The zero-order valence-corrected chi connectivity index (χ0v) is 19.1. The van der Waals surface area contributed by atoms with E-state index in [-0.39, 0.29) is 11.4 Å². The van der Waals surface area contributed by atoms with E-state index in [0.717, 1.165) is 23.3 Å². The van der Waals surface area contributed by atoms with Crippen molar-refractivity contribution in [3.8, 4) is 22.8 Å². The Balaban J connectivity index is 1.26. The third-order valence-corrected chi connectivity index (χ3v) is 5.15. The van der Waals surface area contributed by atoms with Crippen molar-refractivity contribution in [3.05, 3.63) is 90.3 Å². The number of carbonyl (C=O) groups is 1. The number of benzene rings is 3. The van der Waals surface area contributed by atoms with E-state index in [4.69, 9.17) is 0 Å². The molecule has 7 nitrogen and oxygen atoms in total. The van der Waals surface area contributed by atoms with Crippen LogP contribution in [0.25, 0.3) is 17.1 Å². The lowest BCUT2D eigenvalue weighted by atomic mass is 10.1. The second kappa shape index (κ2) is 11.1. The fourth-order valence-corrected chi connectivity index (χ4v) is 3.39. The van der Waals surface area contributed by atoms with Gasteiger partial charge in [0.05, 0.1) is 11.4 Å². The summed E-state index contributed by atoms with van der Waals surface area (Å²) in [5, 5.41) is 9.31. The molecule has 37 heavy (non-hydrogen) atoms. The third kappa shape index (κ3) is 7.26. The second-order valence-corrected chi connectivity index (χ2v) is 7.86. The highest BCUT2D eigenvalue weighted by Crippen LogP contribution is 2.24. The SMILES string of the molecule is O=C(NCCCc1ccc(-c2ncn(-c3ccc(OC(F)(F)F)cc3)n2)cc1)Nc1ccc(F)cc1F. The molecule has 2 N–H and O–H groups in total. The highest BCUT2D eigenvalue weighted by molar-refractivity contribution is 5.89. The number of urea groups is 1. The van der Waals surface area contributed by atoms with Gasteiger partial charge in [0, 0.05) is 18.2 Å².